The predicted octanol–water partition coefficient (Wildman–Crippen LogP) is 0.216. The first-order valence-corrected chi connectivity index (χ1v) is 6.43. The highest BCUT2D eigenvalue weighted by atomic mass is 16.4. The maximum absolute atomic E-state index is 12.0. The predicted molar refractivity (Wildman–Crippen MR) is 64.1 cm³/mol. The van der Waals surface area contributed by atoms with Crippen molar-refractivity contribution in [1.82, 2.24) is 9.80 Å². The van der Waals surface area contributed by atoms with E-state index in [0.29, 0.717) is 39.0 Å². The van der Waals surface area contributed by atoms with Gasteiger partial charge in [0.1, 0.15) is 0 Å². The Kier molecular flexibility index (Phi) is 3.75. The van der Waals surface area contributed by atoms with E-state index in [4.69, 9.17) is 5.11 Å². The van der Waals surface area contributed by atoms with E-state index >= 15 is 0 Å². The molecule has 2 amide bonds. The number of aliphatic hydroxyl groups excluding tert-OH is 1. The van der Waals surface area contributed by atoms with Gasteiger partial charge >= 0.3 is 12.0 Å². The normalized spacial score (nSPS) is 23.7. The van der Waals surface area contributed by atoms with Crippen molar-refractivity contribution in [3.05, 3.63) is 0 Å². The van der Waals surface area contributed by atoms with Gasteiger partial charge in [-0.15, -0.1) is 0 Å². The number of carboxylic acid groups (broad SMARTS) is 1. The Hall–Kier alpha value is -1.30. The Morgan fingerprint density at radius 2 is 1.72 bits per heavy atom. The lowest BCUT2D eigenvalue weighted by atomic mass is 9.87. The highest BCUT2D eigenvalue weighted by molar-refractivity contribution is 5.76. The molecule has 2 N–H and O–H groups in total. The average Bonchev–Trinajstić information content (AvgIpc) is 2.27. The van der Waals surface area contributed by atoms with E-state index in [1.807, 2.05) is 0 Å². The van der Waals surface area contributed by atoms with E-state index in [0.717, 1.165) is 0 Å². The van der Waals surface area contributed by atoms with Crippen molar-refractivity contribution in [1.29, 1.82) is 0 Å². The zero-order valence-electron chi connectivity index (χ0n) is 10.6. The number of carbonyl (C=O) groups is 2. The van der Waals surface area contributed by atoms with Gasteiger partial charge in [-0.25, -0.2) is 4.79 Å². The molecular weight excluding hydrogens is 236 g/mol. The lowest BCUT2D eigenvalue weighted by Gasteiger charge is -2.44. The highest BCUT2D eigenvalue weighted by Crippen LogP contribution is 2.25. The van der Waals surface area contributed by atoms with Crippen LogP contribution in [0.5, 0.6) is 0 Å². The van der Waals surface area contributed by atoms with E-state index < -0.39 is 11.9 Å². The molecule has 0 spiro atoms. The molecule has 0 aromatic rings. The molecule has 1 atom stereocenters. The van der Waals surface area contributed by atoms with E-state index in [1.54, 1.807) is 16.7 Å². The fourth-order valence-electron chi connectivity index (χ4n) is 2.44. The summed E-state index contributed by atoms with van der Waals surface area (Å²) in [5.41, 5.74) is 0. The second kappa shape index (κ2) is 5.14. The smallest absolute Gasteiger partial charge is 0.320 e. The van der Waals surface area contributed by atoms with Crippen LogP contribution in [0.3, 0.4) is 0 Å². The number of nitrogens with zero attached hydrogens (tertiary/aromatic N) is 2. The van der Waals surface area contributed by atoms with Gasteiger partial charge in [0.05, 0.1) is 12.0 Å². The molecule has 0 bridgehead atoms. The number of aliphatic hydroxyl groups is 1. The molecule has 2 rings (SSSR count). The van der Waals surface area contributed by atoms with Crippen LogP contribution in [0.25, 0.3) is 0 Å². The van der Waals surface area contributed by atoms with Crippen LogP contribution in [0.2, 0.25) is 0 Å². The van der Waals surface area contributed by atoms with Crippen molar-refractivity contribution in [2.75, 3.05) is 26.2 Å². The van der Waals surface area contributed by atoms with Gasteiger partial charge < -0.3 is 20.0 Å². The lowest BCUT2D eigenvalue weighted by Crippen LogP contribution is -2.58. The van der Waals surface area contributed by atoms with Gasteiger partial charge in [0, 0.05) is 32.1 Å². The summed E-state index contributed by atoms with van der Waals surface area (Å²) in [5.74, 6) is -1.12. The minimum atomic E-state index is -0.798. The van der Waals surface area contributed by atoms with Crippen LogP contribution >= 0.6 is 0 Å². The van der Waals surface area contributed by atoms with Gasteiger partial charge in [-0.3, -0.25) is 4.79 Å². The molecule has 0 aromatic carbocycles. The SMILES string of the molecule is CC(C(=O)O)C1CN(C(=O)N2CCC(O)CC2)C1. The van der Waals surface area contributed by atoms with Crippen LogP contribution in [0.1, 0.15) is 19.8 Å². The minimum absolute atomic E-state index is 0.0178. The van der Waals surface area contributed by atoms with Gasteiger partial charge in [-0.2, -0.15) is 0 Å². The van der Waals surface area contributed by atoms with Gasteiger partial charge in [0.25, 0.3) is 0 Å². The molecule has 2 aliphatic rings. The Morgan fingerprint density at radius 3 is 2.22 bits per heavy atom. The Labute approximate surface area is 106 Å². The molecule has 102 valence electrons. The molecule has 0 radical (unpaired) electrons. The zero-order chi connectivity index (χ0) is 13.3. The molecule has 1 unspecified atom stereocenters. The third kappa shape index (κ3) is 2.58. The molecule has 0 aromatic heterocycles. The van der Waals surface area contributed by atoms with Crippen molar-refractivity contribution in [3.63, 3.8) is 0 Å². The quantitative estimate of drug-likeness (QED) is 0.740. The summed E-state index contributed by atoms with van der Waals surface area (Å²) < 4.78 is 0. The summed E-state index contributed by atoms with van der Waals surface area (Å²) in [7, 11) is 0. The monoisotopic (exact) mass is 256 g/mol. The summed E-state index contributed by atoms with van der Waals surface area (Å²) in [6, 6.07) is -0.0178. The standard InChI is InChI=1S/C12H20N2O4/c1-8(11(16)17)9-6-14(7-9)12(18)13-4-2-10(15)3-5-13/h8-10,15H,2-7H2,1H3,(H,16,17). The number of urea groups is 1. The maximum atomic E-state index is 12.0. The first-order chi connectivity index (χ1) is 8.49. The van der Waals surface area contributed by atoms with Crippen molar-refractivity contribution in [2.45, 2.75) is 25.9 Å². The fraction of sp³-hybridized carbons (Fsp3) is 0.833. The number of hydrogen-bond acceptors (Lipinski definition) is 3. The average molecular weight is 256 g/mol. The third-order valence-electron chi connectivity index (χ3n) is 4.01. The van der Waals surface area contributed by atoms with Crippen LogP contribution in [0.4, 0.5) is 4.79 Å². The maximum Gasteiger partial charge on any atom is 0.320 e. The number of amides is 2. The molecule has 2 heterocycles. The molecule has 0 saturated carbocycles. The fourth-order valence-corrected chi connectivity index (χ4v) is 2.44. The van der Waals surface area contributed by atoms with Crippen LogP contribution < -0.4 is 0 Å². The van der Waals surface area contributed by atoms with Crippen molar-refractivity contribution >= 4 is 12.0 Å². The van der Waals surface area contributed by atoms with E-state index in [1.165, 1.54) is 0 Å². The lowest BCUT2D eigenvalue weighted by molar-refractivity contribution is -0.145. The molecule has 2 fully saturated rings. The first kappa shape index (κ1) is 13.1. The van der Waals surface area contributed by atoms with Gasteiger partial charge in [-0.1, -0.05) is 6.92 Å². The summed E-state index contributed by atoms with van der Waals surface area (Å²) in [5, 5.41) is 18.3. The Morgan fingerprint density at radius 1 is 1.17 bits per heavy atom. The number of hydrogen-bond donors (Lipinski definition) is 2. The molecule has 18 heavy (non-hydrogen) atoms. The summed E-state index contributed by atoms with van der Waals surface area (Å²) in [6.45, 7) is 3.94. The second-order valence-corrected chi connectivity index (χ2v) is 5.29. The van der Waals surface area contributed by atoms with Crippen molar-refractivity contribution in [2.24, 2.45) is 11.8 Å². The van der Waals surface area contributed by atoms with Crippen LogP contribution in [0, 0.1) is 11.8 Å². The van der Waals surface area contributed by atoms with E-state index in [-0.39, 0.29) is 18.1 Å². The molecule has 2 aliphatic heterocycles. The number of rotatable bonds is 2. The third-order valence-corrected chi connectivity index (χ3v) is 4.01. The summed E-state index contributed by atoms with van der Waals surface area (Å²) in [4.78, 5) is 26.3. The zero-order valence-corrected chi connectivity index (χ0v) is 10.6. The minimum Gasteiger partial charge on any atom is -0.481 e. The van der Waals surface area contributed by atoms with E-state index in [2.05, 4.69) is 0 Å². The topological polar surface area (TPSA) is 81.1 Å². The van der Waals surface area contributed by atoms with Crippen molar-refractivity contribution < 1.29 is 19.8 Å². The number of carboxylic acids is 1. The highest BCUT2D eigenvalue weighted by Gasteiger charge is 2.39. The second-order valence-electron chi connectivity index (χ2n) is 5.29. The number of carbonyl (C=O) groups excluding carboxylic acids is 1. The Bertz CT molecular complexity index is 333. The van der Waals surface area contributed by atoms with Gasteiger partial charge in [0.2, 0.25) is 0 Å². The Balaban J connectivity index is 1.78. The number of likely N-dealkylation sites (tertiary alicyclic amines) is 2. The van der Waals surface area contributed by atoms with E-state index in [9.17, 15) is 14.7 Å². The van der Waals surface area contributed by atoms with Crippen LogP contribution in [-0.2, 0) is 4.79 Å². The largest absolute Gasteiger partial charge is 0.481 e. The summed E-state index contributed by atoms with van der Waals surface area (Å²) >= 11 is 0. The molecule has 2 saturated heterocycles. The van der Waals surface area contributed by atoms with Crippen LogP contribution in [-0.4, -0.2) is 64.3 Å². The number of piperidine rings is 1. The molecule has 6 heteroatoms. The van der Waals surface area contributed by atoms with Crippen LogP contribution in [0.15, 0.2) is 0 Å². The summed E-state index contributed by atoms with van der Waals surface area (Å²) in [6.07, 6.45) is 0.980. The van der Waals surface area contributed by atoms with Gasteiger partial charge in [-0.05, 0) is 12.8 Å². The molecule has 6 nitrogen and oxygen atoms in total. The molecule has 0 aliphatic carbocycles. The number of aliphatic carboxylic acids is 1. The van der Waals surface area contributed by atoms with Crippen molar-refractivity contribution in [3.8, 4) is 0 Å². The van der Waals surface area contributed by atoms with Gasteiger partial charge in [0.15, 0.2) is 0 Å². The molecular formula is C12H20N2O4. The first-order valence-electron chi connectivity index (χ1n) is 6.43.